The van der Waals surface area contributed by atoms with Gasteiger partial charge in [0.2, 0.25) is 5.91 Å². The van der Waals surface area contributed by atoms with Gasteiger partial charge in [-0.05, 0) is 30.9 Å². The fourth-order valence-electron chi connectivity index (χ4n) is 2.76. The number of hydrogen-bond donors (Lipinski definition) is 3. The predicted octanol–water partition coefficient (Wildman–Crippen LogP) is 2.31. The lowest BCUT2D eigenvalue weighted by molar-refractivity contribution is -0.117. The van der Waals surface area contributed by atoms with Crippen LogP contribution in [0.2, 0.25) is 0 Å². The highest BCUT2D eigenvalue weighted by molar-refractivity contribution is 6.07. The first-order valence-electron chi connectivity index (χ1n) is 7.10. The third-order valence-corrected chi connectivity index (χ3v) is 3.84. The number of methoxy groups -OCH3 is 1. The number of rotatable bonds is 5. The summed E-state index contributed by atoms with van der Waals surface area (Å²) in [4.78, 5) is 12.2. The molecule has 1 aromatic carbocycles. The summed E-state index contributed by atoms with van der Waals surface area (Å²) in [6.07, 6.45) is 5.09. The number of benzene rings is 1. The van der Waals surface area contributed by atoms with Gasteiger partial charge in [0.05, 0.1) is 12.8 Å². The zero-order valence-electron chi connectivity index (χ0n) is 12.1. The van der Waals surface area contributed by atoms with E-state index in [9.17, 15) is 4.79 Å². The number of nitrogens with zero attached hydrogens (tertiary/aromatic N) is 1. The number of hydrogen-bond acceptors (Lipinski definition) is 4. The zero-order valence-corrected chi connectivity index (χ0v) is 12.1. The van der Waals surface area contributed by atoms with Gasteiger partial charge in [-0.15, -0.1) is 0 Å². The summed E-state index contributed by atoms with van der Waals surface area (Å²) in [6, 6.07) is 5.11. The molecule has 1 aliphatic carbocycles. The first kappa shape index (κ1) is 15.2. The summed E-state index contributed by atoms with van der Waals surface area (Å²) in [5.74, 6) is 0.800. The first-order chi connectivity index (χ1) is 10.2. The molecule has 0 spiro atoms. The number of nitrogens with two attached hydrogens (primary N) is 1. The number of nitrogens with one attached hydrogen (secondary N) is 1. The zero-order chi connectivity index (χ0) is 15.2. The van der Waals surface area contributed by atoms with E-state index < -0.39 is 0 Å². The fourth-order valence-corrected chi connectivity index (χ4v) is 2.76. The van der Waals surface area contributed by atoms with Crippen LogP contribution in [-0.4, -0.2) is 24.1 Å². The summed E-state index contributed by atoms with van der Waals surface area (Å²) in [5.41, 5.74) is 6.54. The minimum atomic E-state index is -0.0709. The number of carbonyl (C=O) groups is 1. The molecule has 6 heteroatoms. The maximum atomic E-state index is 12.2. The Labute approximate surface area is 124 Å². The lowest BCUT2D eigenvalue weighted by Gasteiger charge is -2.15. The van der Waals surface area contributed by atoms with Crippen LogP contribution in [0.4, 0.5) is 5.69 Å². The summed E-state index contributed by atoms with van der Waals surface area (Å²) in [5, 5.41) is 14.7. The van der Waals surface area contributed by atoms with Gasteiger partial charge < -0.3 is 21.0 Å². The minimum absolute atomic E-state index is 0.0648. The van der Waals surface area contributed by atoms with Crippen molar-refractivity contribution in [1.29, 1.82) is 0 Å². The summed E-state index contributed by atoms with van der Waals surface area (Å²) in [6.45, 7) is 0. The smallest absolute Gasteiger partial charge is 0.224 e. The Hall–Kier alpha value is -2.24. The van der Waals surface area contributed by atoms with Crippen LogP contribution in [0.5, 0.6) is 5.75 Å². The molecule has 0 saturated heterocycles. The molecule has 21 heavy (non-hydrogen) atoms. The molecule has 0 atom stereocenters. The summed E-state index contributed by atoms with van der Waals surface area (Å²) < 4.78 is 5.24. The molecule has 1 amide bonds. The molecular weight excluding hydrogens is 270 g/mol. The van der Waals surface area contributed by atoms with Gasteiger partial charge in [0.1, 0.15) is 5.75 Å². The first-order valence-corrected chi connectivity index (χ1v) is 7.10. The second-order valence-corrected chi connectivity index (χ2v) is 5.27. The standard InChI is InChI=1S/C15H21N3O3/c1-21-12-8-4-7-11(15(16)18-20)14(12)17-13(19)9-10-5-2-3-6-10/h4,7-8,10,20H,2-3,5-6,9H2,1H3,(H2,16,18)(H,17,19). The average Bonchev–Trinajstić information content (AvgIpc) is 2.99. The van der Waals surface area contributed by atoms with Crippen LogP contribution >= 0.6 is 0 Å². The number of anilines is 1. The Kier molecular flexibility index (Phi) is 5.03. The predicted molar refractivity (Wildman–Crippen MR) is 80.7 cm³/mol. The number of ether oxygens (including phenoxy) is 1. The molecule has 0 aromatic heterocycles. The van der Waals surface area contributed by atoms with Crippen molar-refractivity contribution in [3.05, 3.63) is 23.8 Å². The van der Waals surface area contributed by atoms with E-state index in [-0.39, 0.29) is 11.7 Å². The van der Waals surface area contributed by atoms with E-state index >= 15 is 0 Å². The Morgan fingerprint density at radius 3 is 2.81 bits per heavy atom. The largest absolute Gasteiger partial charge is 0.495 e. The average molecular weight is 291 g/mol. The molecule has 1 saturated carbocycles. The van der Waals surface area contributed by atoms with Crippen molar-refractivity contribution >= 4 is 17.4 Å². The van der Waals surface area contributed by atoms with Crippen LogP contribution in [0.1, 0.15) is 37.7 Å². The second-order valence-electron chi connectivity index (χ2n) is 5.27. The Balaban J connectivity index is 2.18. The number of amides is 1. The van der Waals surface area contributed by atoms with E-state index in [2.05, 4.69) is 10.5 Å². The van der Waals surface area contributed by atoms with Gasteiger partial charge in [0.15, 0.2) is 5.84 Å². The Morgan fingerprint density at radius 1 is 1.48 bits per heavy atom. The van der Waals surface area contributed by atoms with Gasteiger partial charge in [0.25, 0.3) is 0 Å². The van der Waals surface area contributed by atoms with Crippen LogP contribution in [0.25, 0.3) is 0 Å². The third kappa shape index (κ3) is 3.65. The van der Waals surface area contributed by atoms with Crippen molar-refractivity contribution in [3.8, 4) is 5.75 Å². The van der Waals surface area contributed by atoms with Crippen molar-refractivity contribution < 1.29 is 14.7 Å². The molecule has 0 aliphatic heterocycles. The monoisotopic (exact) mass is 291 g/mol. The van der Waals surface area contributed by atoms with Crippen molar-refractivity contribution in [1.82, 2.24) is 0 Å². The van der Waals surface area contributed by atoms with Crippen molar-refractivity contribution in [2.75, 3.05) is 12.4 Å². The highest BCUT2D eigenvalue weighted by atomic mass is 16.5. The minimum Gasteiger partial charge on any atom is -0.495 e. The number of para-hydroxylation sites is 1. The van der Waals surface area contributed by atoms with Crippen molar-refractivity contribution in [2.24, 2.45) is 16.8 Å². The van der Waals surface area contributed by atoms with Gasteiger partial charge >= 0.3 is 0 Å². The second kappa shape index (κ2) is 6.97. The number of amidine groups is 1. The molecule has 0 unspecified atom stereocenters. The lowest BCUT2D eigenvalue weighted by atomic mass is 10.0. The molecule has 6 nitrogen and oxygen atoms in total. The third-order valence-electron chi connectivity index (χ3n) is 3.84. The Bertz CT molecular complexity index is 537. The van der Waals surface area contributed by atoms with Crippen LogP contribution in [0, 0.1) is 5.92 Å². The molecule has 2 rings (SSSR count). The van der Waals surface area contributed by atoms with Crippen LogP contribution in [0.15, 0.2) is 23.4 Å². The van der Waals surface area contributed by atoms with Crippen LogP contribution in [0.3, 0.4) is 0 Å². The maximum absolute atomic E-state index is 12.2. The SMILES string of the molecule is COc1cccc(/C(N)=N/O)c1NC(=O)CC1CCCC1. The maximum Gasteiger partial charge on any atom is 0.224 e. The molecule has 4 N–H and O–H groups in total. The lowest BCUT2D eigenvalue weighted by Crippen LogP contribution is -2.21. The highest BCUT2D eigenvalue weighted by Crippen LogP contribution is 2.31. The van der Waals surface area contributed by atoms with Gasteiger partial charge in [-0.3, -0.25) is 4.79 Å². The van der Waals surface area contributed by atoms with E-state index in [1.165, 1.54) is 20.0 Å². The molecule has 0 radical (unpaired) electrons. The van der Waals surface area contributed by atoms with Gasteiger partial charge in [0, 0.05) is 12.0 Å². The molecule has 0 heterocycles. The van der Waals surface area contributed by atoms with E-state index in [0.29, 0.717) is 29.3 Å². The summed E-state index contributed by atoms with van der Waals surface area (Å²) in [7, 11) is 1.51. The number of oxime groups is 1. The molecule has 0 bridgehead atoms. The van der Waals surface area contributed by atoms with E-state index in [0.717, 1.165) is 12.8 Å². The molecule has 1 aromatic rings. The quantitative estimate of drug-likeness (QED) is 0.335. The van der Waals surface area contributed by atoms with E-state index in [1.54, 1.807) is 18.2 Å². The molecule has 1 fully saturated rings. The fraction of sp³-hybridized carbons (Fsp3) is 0.467. The van der Waals surface area contributed by atoms with Crippen LogP contribution < -0.4 is 15.8 Å². The molecule has 1 aliphatic rings. The highest BCUT2D eigenvalue weighted by Gasteiger charge is 2.20. The van der Waals surface area contributed by atoms with Crippen molar-refractivity contribution in [3.63, 3.8) is 0 Å². The number of carbonyl (C=O) groups excluding carboxylic acids is 1. The van der Waals surface area contributed by atoms with Gasteiger partial charge in [-0.25, -0.2) is 0 Å². The topological polar surface area (TPSA) is 96.9 Å². The van der Waals surface area contributed by atoms with Crippen LogP contribution in [-0.2, 0) is 4.79 Å². The van der Waals surface area contributed by atoms with Gasteiger partial charge in [-0.1, -0.05) is 24.1 Å². The molecular formula is C15H21N3O3. The molecule has 114 valence electrons. The van der Waals surface area contributed by atoms with Gasteiger partial charge in [-0.2, -0.15) is 0 Å². The van der Waals surface area contributed by atoms with E-state index in [4.69, 9.17) is 15.7 Å². The van der Waals surface area contributed by atoms with Crippen molar-refractivity contribution in [2.45, 2.75) is 32.1 Å². The summed E-state index contributed by atoms with van der Waals surface area (Å²) >= 11 is 0. The Morgan fingerprint density at radius 2 is 2.19 bits per heavy atom. The normalized spacial score (nSPS) is 16.0. The van der Waals surface area contributed by atoms with E-state index in [1.807, 2.05) is 0 Å².